The third-order valence-electron chi connectivity index (χ3n) is 4.41. The topological polar surface area (TPSA) is 70.4 Å². The summed E-state index contributed by atoms with van der Waals surface area (Å²) in [7, 11) is 0. The van der Waals surface area contributed by atoms with Crippen molar-refractivity contribution < 1.29 is 15.0 Å². The molecule has 2 N–H and O–H groups in total. The predicted octanol–water partition coefficient (Wildman–Crippen LogP) is 2.79. The Morgan fingerprint density at radius 1 is 1.14 bits per heavy atom. The molecule has 1 aliphatic carbocycles. The molecule has 0 saturated heterocycles. The molecule has 1 aliphatic rings. The summed E-state index contributed by atoms with van der Waals surface area (Å²) in [5.74, 6) is -0.798. The van der Waals surface area contributed by atoms with E-state index in [0.717, 1.165) is 29.5 Å². The van der Waals surface area contributed by atoms with Gasteiger partial charge in [-0.3, -0.25) is 9.78 Å². The second-order valence-corrected chi connectivity index (χ2v) is 5.99. The molecule has 2 aromatic rings. The van der Waals surface area contributed by atoms with Gasteiger partial charge in [0.05, 0.1) is 6.61 Å². The highest BCUT2D eigenvalue weighted by Gasteiger charge is 2.43. The van der Waals surface area contributed by atoms with E-state index in [1.807, 2.05) is 18.2 Å². The van der Waals surface area contributed by atoms with Crippen molar-refractivity contribution in [1.29, 1.82) is 0 Å². The van der Waals surface area contributed by atoms with Crippen LogP contribution in [0.15, 0.2) is 42.7 Å². The number of carboxylic acids is 1. The Kier molecular flexibility index (Phi) is 3.94. The molecule has 1 fully saturated rings. The Hall–Kier alpha value is -2.20. The van der Waals surface area contributed by atoms with Crippen LogP contribution in [0.3, 0.4) is 0 Å². The molecule has 1 saturated carbocycles. The van der Waals surface area contributed by atoms with E-state index in [1.165, 1.54) is 5.56 Å². The average Bonchev–Trinajstić information content (AvgIpc) is 3.35. The second kappa shape index (κ2) is 5.89. The van der Waals surface area contributed by atoms with Gasteiger partial charge in [-0.25, -0.2) is 0 Å². The van der Waals surface area contributed by atoms with Crippen molar-refractivity contribution in [1.82, 2.24) is 4.98 Å². The average molecular weight is 297 g/mol. The first-order valence-electron chi connectivity index (χ1n) is 7.50. The highest BCUT2D eigenvalue weighted by molar-refractivity contribution is 5.67. The van der Waals surface area contributed by atoms with Gasteiger partial charge < -0.3 is 10.2 Å². The highest BCUT2D eigenvalue weighted by Crippen LogP contribution is 2.47. The summed E-state index contributed by atoms with van der Waals surface area (Å²) in [6, 6.07) is 10.2. The lowest BCUT2D eigenvalue weighted by Gasteiger charge is -2.12. The molecule has 0 atom stereocenters. The first-order valence-corrected chi connectivity index (χ1v) is 7.50. The summed E-state index contributed by atoms with van der Waals surface area (Å²) in [5, 5.41) is 18.2. The van der Waals surface area contributed by atoms with Crippen molar-refractivity contribution >= 4 is 5.97 Å². The Bertz CT molecular complexity index is 675. The Morgan fingerprint density at radius 2 is 1.86 bits per heavy atom. The molecule has 0 radical (unpaired) electrons. The normalized spacial score (nSPS) is 15.5. The van der Waals surface area contributed by atoms with E-state index in [0.29, 0.717) is 6.42 Å². The van der Waals surface area contributed by atoms with Crippen molar-refractivity contribution in [3.05, 3.63) is 53.9 Å². The van der Waals surface area contributed by atoms with E-state index in [1.54, 1.807) is 12.4 Å². The van der Waals surface area contributed by atoms with Gasteiger partial charge in [0, 0.05) is 29.8 Å². The van der Waals surface area contributed by atoms with E-state index < -0.39 is 5.97 Å². The number of hydrogen-bond acceptors (Lipinski definition) is 3. The van der Waals surface area contributed by atoms with Crippen LogP contribution in [0, 0.1) is 0 Å². The van der Waals surface area contributed by atoms with E-state index in [-0.39, 0.29) is 18.4 Å². The van der Waals surface area contributed by atoms with Crippen LogP contribution in [0.2, 0.25) is 0 Å². The summed E-state index contributed by atoms with van der Waals surface area (Å²) in [6.45, 7) is 0.207. The molecule has 4 heteroatoms. The number of aromatic nitrogens is 1. The summed E-state index contributed by atoms with van der Waals surface area (Å²) in [6.07, 6.45) is 6.21. The third kappa shape index (κ3) is 3.02. The van der Waals surface area contributed by atoms with Crippen LogP contribution in [-0.2, 0) is 16.6 Å². The number of aliphatic hydroxyl groups is 1. The number of hydrogen-bond donors (Lipinski definition) is 2. The fraction of sp³-hybridized carbons (Fsp3) is 0.333. The van der Waals surface area contributed by atoms with Crippen molar-refractivity contribution in [2.75, 3.05) is 6.61 Å². The Morgan fingerprint density at radius 3 is 2.45 bits per heavy atom. The van der Waals surface area contributed by atoms with Crippen LogP contribution in [0.5, 0.6) is 0 Å². The molecular formula is C18H19NO3. The molecule has 4 nitrogen and oxygen atoms in total. The molecule has 0 aliphatic heterocycles. The minimum atomic E-state index is -0.798. The number of carboxylic acid groups (broad SMARTS) is 1. The molecule has 0 amide bonds. The zero-order chi connectivity index (χ0) is 15.6. The lowest BCUT2D eigenvalue weighted by molar-refractivity contribution is -0.136. The van der Waals surface area contributed by atoms with Gasteiger partial charge in [-0.05, 0) is 42.0 Å². The standard InChI is InChI=1S/C18H19NO3/c20-12-18(7-8-18)16-4-2-14(3-5-16)15-9-13(10-19-11-15)1-6-17(21)22/h2-5,9-11,20H,1,6-8,12H2,(H,21,22). The van der Waals surface area contributed by atoms with Gasteiger partial charge >= 0.3 is 5.97 Å². The highest BCUT2D eigenvalue weighted by atomic mass is 16.4. The van der Waals surface area contributed by atoms with E-state index in [9.17, 15) is 9.90 Å². The zero-order valence-electron chi connectivity index (χ0n) is 12.3. The van der Waals surface area contributed by atoms with Gasteiger partial charge in [0.1, 0.15) is 0 Å². The zero-order valence-corrected chi connectivity index (χ0v) is 12.3. The third-order valence-corrected chi connectivity index (χ3v) is 4.41. The van der Waals surface area contributed by atoms with E-state index in [4.69, 9.17) is 5.11 Å². The number of carbonyl (C=O) groups is 1. The lowest BCUT2D eigenvalue weighted by atomic mass is 9.94. The summed E-state index contributed by atoms with van der Waals surface area (Å²) in [5.41, 5.74) is 4.15. The van der Waals surface area contributed by atoms with E-state index in [2.05, 4.69) is 17.1 Å². The summed E-state index contributed by atoms with van der Waals surface area (Å²) in [4.78, 5) is 14.9. The maximum atomic E-state index is 10.7. The molecule has 0 spiro atoms. The Balaban J connectivity index is 1.79. The van der Waals surface area contributed by atoms with Crippen LogP contribution in [0.25, 0.3) is 11.1 Å². The number of rotatable bonds is 6. The van der Waals surface area contributed by atoms with Gasteiger partial charge in [0.2, 0.25) is 0 Å². The van der Waals surface area contributed by atoms with Crippen LogP contribution >= 0.6 is 0 Å². The van der Waals surface area contributed by atoms with Crippen LogP contribution in [0.1, 0.15) is 30.4 Å². The molecule has 1 aromatic carbocycles. The molecule has 114 valence electrons. The first-order chi connectivity index (χ1) is 10.6. The lowest BCUT2D eigenvalue weighted by Crippen LogP contribution is -2.11. The molecular weight excluding hydrogens is 278 g/mol. The summed E-state index contributed by atoms with van der Waals surface area (Å²) < 4.78 is 0. The molecule has 0 bridgehead atoms. The number of nitrogens with zero attached hydrogens (tertiary/aromatic N) is 1. The van der Waals surface area contributed by atoms with Gasteiger partial charge in [0.25, 0.3) is 0 Å². The van der Waals surface area contributed by atoms with Crippen molar-refractivity contribution in [3.8, 4) is 11.1 Å². The predicted molar refractivity (Wildman–Crippen MR) is 83.6 cm³/mol. The Labute approximate surface area is 129 Å². The van der Waals surface area contributed by atoms with Gasteiger partial charge in [-0.2, -0.15) is 0 Å². The minimum absolute atomic E-state index is 0.0138. The maximum absolute atomic E-state index is 10.7. The molecule has 1 heterocycles. The van der Waals surface area contributed by atoms with Gasteiger partial charge in [0.15, 0.2) is 0 Å². The van der Waals surface area contributed by atoms with E-state index >= 15 is 0 Å². The number of aliphatic carboxylic acids is 1. The maximum Gasteiger partial charge on any atom is 0.303 e. The van der Waals surface area contributed by atoms with Crippen molar-refractivity contribution in [2.45, 2.75) is 31.1 Å². The number of aryl methyl sites for hydroxylation is 1. The largest absolute Gasteiger partial charge is 0.481 e. The fourth-order valence-corrected chi connectivity index (χ4v) is 2.74. The molecule has 22 heavy (non-hydrogen) atoms. The molecule has 3 rings (SSSR count). The van der Waals surface area contributed by atoms with Crippen molar-refractivity contribution in [3.63, 3.8) is 0 Å². The SMILES string of the molecule is O=C(O)CCc1cncc(-c2ccc(C3(CO)CC3)cc2)c1. The first kappa shape index (κ1) is 14.7. The van der Waals surface area contributed by atoms with Crippen LogP contribution < -0.4 is 0 Å². The smallest absolute Gasteiger partial charge is 0.303 e. The van der Waals surface area contributed by atoms with Gasteiger partial charge in [-0.15, -0.1) is 0 Å². The second-order valence-electron chi connectivity index (χ2n) is 5.99. The number of aliphatic hydroxyl groups excluding tert-OH is 1. The monoisotopic (exact) mass is 297 g/mol. The number of benzene rings is 1. The minimum Gasteiger partial charge on any atom is -0.481 e. The van der Waals surface area contributed by atoms with Crippen LogP contribution in [0.4, 0.5) is 0 Å². The quantitative estimate of drug-likeness (QED) is 0.860. The molecule has 1 aromatic heterocycles. The molecule has 0 unspecified atom stereocenters. The fourth-order valence-electron chi connectivity index (χ4n) is 2.74. The van der Waals surface area contributed by atoms with Crippen molar-refractivity contribution in [2.24, 2.45) is 0 Å². The van der Waals surface area contributed by atoms with Gasteiger partial charge in [-0.1, -0.05) is 24.3 Å². The number of pyridine rings is 1. The summed E-state index contributed by atoms with van der Waals surface area (Å²) >= 11 is 0. The van der Waals surface area contributed by atoms with Crippen LogP contribution in [-0.4, -0.2) is 27.8 Å².